The molecule has 0 saturated carbocycles. The summed E-state index contributed by atoms with van der Waals surface area (Å²) in [6.45, 7) is 3.26. The number of nitrogens with zero attached hydrogens (tertiary/aromatic N) is 2. The maximum atomic E-state index is 12.2. The first-order valence-corrected chi connectivity index (χ1v) is 8.66. The summed E-state index contributed by atoms with van der Waals surface area (Å²) >= 11 is 0. The zero-order valence-electron chi connectivity index (χ0n) is 14.7. The second-order valence-corrected chi connectivity index (χ2v) is 6.38. The number of aromatic hydroxyl groups is 1. The number of nitrogens with one attached hydrogen (secondary N) is 1. The fraction of sp³-hybridized carbons (Fsp3) is 0.316. The third-order valence-electron chi connectivity index (χ3n) is 4.40. The zero-order chi connectivity index (χ0) is 19.2. The van der Waals surface area contributed by atoms with E-state index in [4.69, 9.17) is 4.74 Å². The van der Waals surface area contributed by atoms with Gasteiger partial charge in [0.05, 0.1) is 17.6 Å². The van der Waals surface area contributed by atoms with Gasteiger partial charge in [0.2, 0.25) is 0 Å². The van der Waals surface area contributed by atoms with E-state index < -0.39 is 22.3 Å². The molecule has 1 aliphatic heterocycles. The topological polar surface area (TPSA) is 105 Å². The van der Waals surface area contributed by atoms with Gasteiger partial charge in [-0.05, 0) is 17.7 Å². The number of nitro groups is 1. The molecule has 2 aromatic rings. The van der Waals surface area contributed by atoms with Crippen molar-refractivity contribution in [2.24, 2.45) is 0 Å². The number of phenolic OH excluding ortho intramolecular Hbond substituents is 1. The zero-order valence-corrected chi connectivity index (χ0v) is 14.7. The molecule has 142 valence electrons. The van der Waals surface area contributed by atoms with Crippen molar-refractivity contribution in [3.8, 4) is 5.75 Å². The van der Waals surface area contributed by atoms with Crippen LogP contribution in [0.2, 0.25) is 0 Å². The number of amides is 1. The lowest BCUT2D eigenvalue weighted by Gasteiger charge is -2.33. The molecule has 0 aliphatic carbocycles. The Bertz CT molecular complexity index is 812. The highest BCUT2D eigenvalue weighted by molar-refractivity contribution is 5.95. The third kappa shape index (κ3) is 5.02. The largest absolute Gasteiger partial charge is 0.502 e. The van der Waals surface area contributed by atoms with Gasteiger partial charge in [-0.15, -0.1) is 0 Å². The van der Waals surface area contributed by atoms with Crippen LogP contribution in [-0.4, -0.2) is 53.2 Å². The number of hydrogen-bond acceptors (Lipinski definition) is 6. The first-order valence-electron chi connectivity index (χ1n) is 8.66. The van der Waals surface area contributed by atoms with E-state index in [1.54, 1.807) is 0 Å². The average Bonchev–Trinajstić information content (AvgIpc) is 2.67. The Morgan fingerprint density at radius 3 is 2.78 bits per heavy atom. The number of rotatable bonds is 6. The molecule has 1 atom stereocenters. The highest BCUT2D eigenvalue weighted by atomic mass is 16.6. The molecular weight excluding hydrogens is 350 g/mol. The summed E-state index contributed by atoms with van der Waals surface area (Å²) in [5.74, 6) is -0.945. The van der Waals surface area contributed by atoms with E-state index >= 15 is 0 Å². The Balaban J connectivity index is 1.52. The Labute approximate surface area is 156 Å². The molecule has 1 amide bonds. The monoisotopic (exact) mass is 371 g/mol. The molecule has 27 heavy (non-hydrogen) atoms. The SMILES string of the molecule is O=C(NCC1CN(Cc2ccccc2)CCO1)c1ccc([N+](=O)[O-])c(O)c1. The lowest BCUT2D eigenvalue weighted by atomic mass is 10.1. The molecule has 1 unspecified atom stereocenters. The molecule has 0 spiro atoms. The lowest BCUT2D eigenvalue weighted by molar-refractivity contribution is -0.385. The molecule has 3 rings (SSSR count). The number of carbonyl (C=O) groups excluding carboxylic acids is 1. The molecule has 8 heteroatoms. The van der Waals surface area contributed by atoms with Gasteiger partial charge in [-0.2, -0.15) is 0 Å². The van der Waals surface area contributed by atoms with Crippen molar-refractivity contribution >= 4 is 11.6 Å². The molecule has 1 heterocycles. The van der Waals surface area contributed by atoms with Gasteiger partial charge in [0.1, 0.15) is 0 Å². The predicted octanol–water partition coefficient (Wildman–Crippen LogP) is 1.93. The first-order chi connectivity index (χ1) is 13.0. The average molecular weight is 371 g/mol. The lowest BCUT2D eigenvalue weighted by Crippen LogP contribution is -2.47. The summed E-state index contributed by atoms with van der Waals surface area (Å²) in [6, 6.07) is 13.7. The quantitative estimate of drug-likeness (QED) is 0.594. The van der Waals surface area contributed by atoms with Crippen LogP contribution >= 0.6 is 0 Å². The molecule has 0 bridgehead atoms. The molecule has 8 nitrogen and oxygen atoms in total. The number of ether oxygens (including phenoxy) is 1. The second-order valence-electron chi connectivity index (χ2n) is 6.38. The van der Waals surface area contributed by atoms with Crippen LogP contribution in [-0.2, 0) is 11.3 Å². The summed E-state index contributed by atoms with van der Waals surface area (Å²) < 4.78 is 5.71. The molecular formula is C19H21N3O5. The van der Waals surface area contributed by atoms with E-state index in [1.165, 1.54) is 11.6 Å². The maximum Gasteiger partial charge on any atom is 0.310 e. The van der Waals surface area contributed by atoms with Gasteiger partial charge in [-0.3, -0.25) is 19.8 Å². The number of morpholine rings is 1. The minimum absolute atomic E-state index is 0.141. The molecule has 1 fully saturated rings. The van der Waals surface area contributed by atoms with Crippen LogP contribution in [0.25, 0.3) is 0 Å². The highest BCUT2D eigenvalue weighted by Crippen LogP contribution is 2.26. The summed E-state index contributed by atoms with van der Waals surface area (Å²) in [5.41, 5.74) is 0.956. The number of carbonyl (C=O) groups is 1. The van der Waals surface area contributed by atoms with E-state index in [0.29, 0.717) is 19.7 Å². The number of hydrogen-bond donors (Lipinski definition) is 2. The van der Waals surface area contributed by atoms with Crippen molar-refractivity contribution in [3.63, 3.8) is 0 Å². The molecule has 1 aliphatic rings. The van der Waals surface area contributed by atoms with Gasteiger partial charge in [-0.25, -0.2) is 0 Å². The fourth-order valence-corrected chi connectivity index (χ4v) is 3.02. The van der Waals surface area contributed by atoms with Gasteiger partial charge in [-0.1, -0.05) is 30.3 Å². The van der Waals surface area contributed by atoms with E-state index in [-0.39, 0.29) is 11.7 Å². The summed E-state index contributed by atoms with van der Waals surface area (Å²) in [5, 5.41) is 23.1. The maximum absolute atomic E-state index is 12.2. The highest BCUT2D eigenvalue weighted by Gasteiger charge is 2.22. The summed E-state index contributed by atoms with van der Waals surface area (Å²) in [6.07, 6.45) is -0.141. The van der Waals surface area contributed by atoms with Gasteiger partial charge in [0.15, 0.2) is 5.75 Å². The van der Waals surface area contributed by atoms with E-state index in [0.717, 1.165) is 25.2 Å². The summed E-state index contributed by atoms with van der Waals surface area (Å²) in [4.78, 5) is 24.5. The van der Waals surface area contributed by atoms with Gasteiger partial charge >= 0.3 is 5.69 Å². The van der Waals surface area contributed by atoms with Gasteiger partial charge in [0.25, 0.3) is 5.91 Å². The normalized spacial score (nSPS) is 17.4. The molecule has 0 aromatic heterocycles. The van der Waals surface area contributed by atoms with E-state index in [2.05, 4.69) is 22.3 Å². The predicted molar refractivity (Wildman–Crippen MR) is 98.6 cm³/mol. The van der Waals surface area contributed by atoms with Gasteiger partial charge in [0, 0.05) is 37.8 Å². The summed E-state index contributed by atoms with van der Waals surface area (Å²) in [7, 11) is 0. The van der Waals surface area contributed by atoms with Crippen LogP contribution in [0, 0.1) is 10.1 Å². The van der Waals surface area contributed by atoms with Crippen LogP contribution in [0.4, 0.5) is 5.69 Å². The molecule has 1 saturated heterocycles. The smallest absolute Gasteiger partial charge is 0.310 e. The van der Waals surface area contributed by atoms with Crippen molar-refractivity contribution < 1.29 is 19.6 Å². The third-order valence-corrected chi connectivity index (χ3v) is 4.40. The molecule has 0 radical (unpaired) electrons. The number of nitro benzene ring substituents is 1. The van der Waals surface area contributed by atoms with Crippen LogP contribution in [0.15, 0.2) is 48.5 Å². The standard InChI is InChI=1S/C19H21N3O5/c23-18-10-15(6-7-17(18)22(25)26)19(24)20-11-16-13-21(8-9-27-16)12-14-4-2-1-3-5-14/h1-7,10,16,23H,8-9,11-13H2,(H,20,24). The Morgan fingerprint density at radius 2 is 2.07 bits per heavy atom. The van der Waals surface area contributed by atoms with Crippen LogP contribution < -0.4 is 5.32 Å². The number of benzene rings is 2. The van der Waals surface area contributed by atoms with Crippen LogP contribution in [0.1, 0.15) is 15.9 Å². The number of phenols is 1. The van der Waals surface area contributed by atoms with Crippen LogP contribution in [0.3, 0.4) is 0 Å². The van der Waals surface area contributed by atoms with Crippen molar-refractivity contribution in [2.45, 2.75) is 12.6 Å². The molecule has 2 N–H and O–H groups in total. The minimum Gasteiger partial charge on any atom is -0.502 e. The van der Waals surface area contributed by atoms with Crippen molar-refractivity contribution in [3.05, 3.63) is 69.8 Å². The fourth-order valence-electron chi connectivity index (χ4n) is 3.02. The van der Waals surface area contributed by atoms with Gasteiger partial charge < -0.3 is 15.2 Å². The Hall–Kier alpha value is -2.97. The van der Waals surface area contributed by atoms with Crippen molar-refractivity contribution in [2.75, 3.05) is 26.2 Å². The van der Waals surface area contributed by atoms with Crippen molar-refractivity contribution in [1.29, 1.82) is 0 Å². The second kappa shape index (κ2) is 8.61. The van der Waals surface area contributed by atoms with Crippen molar-refractivity contribution in [1.82, 2.24) is 10.2 Å². The molecule has 2 aromatic carbocycles. The Morgan fingerprint density at radius 1 is 1.30 bits per heavy atom. The van der Waals surface area contributed by atoms with E-state index in [9.17, 15) is 20.0 Å². The Kier molecular flexibility index (Phi) is 6.00. The van der Waals surface area contributed by atoms with E-state index in [1.807, 2.05) is 18.2 Å². The van der Waals surface area contributed by atoms with Crippen LogP contribution in [0.5, 0.6) is 5.75 Å². The first kappa shape index (κ1) is 18.8. The minimum atomic E-state index is -0.700.